The largest absolute Gasteiger partial charge is 0.482 e. The Labute approximate surface area is 179 Å². The molecule has 0 spiro atoms. The number of halogens is 1. The van der Waals surface area contributed by atoms with E-state index in [1.54, 1.807) is 29.9 Å². The number of ether oxygens (including phenoxy) is 1. The first-order valence-corrected chi connectivity index (χ1v) is 10.0. The van der Waals surface area contributed by atoms with Gasteiger partial charge < -0.3 is 21.2 Å². The molecule has 0 unspecified atom stereocenters. The van der Waals surface area contributed by atoms with Gasteiger partial charge in [-0.1, -0.05) is 0 Å². The molecule has 4 rings (SSSR count). The van der Waals surface area contributed by atoms with Gasteiger partial charge >= 0.3 is 0 Å². The molecule has 9 heteroatoms. The van der Waals surface area contributed by atoms with Crippen molar-refractivity contribution < 1.29 is 9.13 Å². The van der Waals surface area contributed by atoms with Gasteiger partial charge in [0.05, 0.1) is 5.69 Å². The van der Waals surface area contributed by atoms with E-state index in [4.69, 9.17) is 15.9 Å². The maximum atomic E-state index is 14.2. The molecule has 0 fully saturated rings. The molecular formula is C22H24FN7O. The number of nitrogen functional groups attached to an aromatic ring is 1. The van der Waals surface area contributed by atoms with Crippen molar-refractivity contribution in [3.8, 4) is 11.4 Å². The van der Waals surface area contributed by atoms with Crippen LogP contribution in [-0.4, -0.2) is 32.5 Å². The Morgan fingerprint density at radius 2 is 2.19 bits per heavy atom. The van der Waals surface area contributed by atoms with E-state index in [0.717, 1.165) is 11.3 Å². The Morgan fingerprint density at radius 3 is 2.94 bits per heavy atom. The van der Waals surface area contributed by atoms with Gasteiger partial charge in [-0.25, -0.2) is 19.0 Å². The second kappa shape index (κ2) is 8.17. The Kier molecular flexibility index (Phi) is 5.41. The highest BCUT2D eigenvalue weighted by Crippen LogP contribution is 2.33. The Bertz CT molecular complexity index is 1180. The summed E-state index contributed by atoms with van der Waals surface area (Å²) in [6, 6.07) is 6.26. The van der Waals surface area contributed by atoms with E-state index < -0.39 is 6.10 Å². The Hall–Kier alpha value is -3.75. The molecule has 3 heterocycles. The lowest BCUT2D eigenvalue weighted by Gasteiger charge is -2.22. The predicted molar refractivity (Wildman–Crippen MR) is 117 cm³/mol. The van der Waals surface area contributed by atoms with Crippen LogP contribution in [0.5, 0.6) is 5.75 Å². The lowest BCUT2D eigenvalue weighted by atomic mass is 10.0. The number of aromatic nitrogens is 4. The monoisotopic (exact) mass is 421 g/mol. The number of hydrogen-bond acceptors (Lipinski definition) is 7. The predicted octanol–water partition coefficient (Wildman–Crippen LogP) is 3.36. The molecule has 160 valence electrons. The highest BCUT2D eigenvalue weighted by Gasteiger charge is 2.23. The van der Waals surface area contributed by atoms with E-state index in [0.29, 0.717) is 47.2 Å². The highest BCUT2D eigenvalue weighted by molar-refractivity contribution is 5.89. The van der Waals surface area contributed by atoms with E-state index >= 15 is 0 Å². The van der Waals surface area contributed by atoms with Gasteiger partial charge in [0.2, 0.25) is 0 Å². The van der Waals surface area contributed by atoms with Crippen LogP contribution in [0.25, 0.3) is 11.4 Å². The molecule has 1 aliphatic rings. The van der Waals surface area contributed by atoms with E-state index in [1.165, 1.54) is 18.3 Å². The molecule has 31 heavy (non-hydrogen) atoms. The van der Waals surface area contributed by atoms with Crippen molar-refractivity contribution in [1.82, 2.24) is 25.1 Å². The third-order valence-electron chi connectivity index (χ3n) is 5.11. The van der Waals surface area contributed by atoms with Crippen LogP contribution in [-0.2, 0) is 6.42 Å². The number of allylic oxidation sites excluding steroid dienone is 1. The minimum absolute atomic E-state index is 0.232. The van der Waals surface area contributed by atoms with E-state index in [2.05, 4.69) is 20.4 Å². The summed E-state index contributed by atoms with van der Waals surface area (Å²) in [5, 5.41) is 15.9. The van der Waals surface area contributed by atoms with Crippen LogP contribution in [0.15, 0.2) is 36.0 Å². The van der Waals surface area contributed by atoms with Gasteiger partial charge in [0.15, 0.2) is 11.6 Å². The zero-order valence-corrected chi connectivity index (χ0v) is 17.6. The molecule has 2 bridgehead atoms. The second-order valence-corrected chi connectivity index (χ2v) is 7.31. The van der Waals surface area contributed by atoms with Crippen LogP contribution < -0.4 is 15.8 Å². The Morgan fingerprint density at radius 1 is 1.39 bits per heavy atom. The summed E-state index contributed by atoms with van der Waals surface area (Å²) < 4.78 is 22.0. The number of pyridine rings is 1. The van der Waals surface area contributed by atoms with Crippen LogP contribution >= 0.6 is 0 Å². The van der Waals surface area contributed by atoms with E-state index in [-0.39, 0.29) is 11.6 Å². The summed E-state index contributed by atoms with van der Waals surface area (Å²) in [4.78, 5) is 8.86. The molecule has 1 aliphatic heterocycles. The summed E-state index contributed by atoms with van der Waals surface area (Å²) in [6.07, 6.45) is 2.75. The maximum absolute atomic E-state index is 14.2. The summed E-state index contributed by atoms with van der Waals surface area (Å²) in [5.74, 6) is 1.45. The first kappa shape index (κ1) is 20.5. The van der Waals surface area contributed by atoms with Crippen molar-refractivity contribution in [3.05, 3.63) is 64.6 Å². The average molecular weight is 421 g/mol. The summed E-state index contributed by atoms with van der Waals surface area (Å²) >= 11 is 0. The molecule has 2 aromatic heterocycles. The summed E-state index contributed by atoms with van der Waals surface area (Å²) in [5.41, 5.74) is 9.51. The standard InChI is InChI=1S/C22H24FN7O/c1-4-26-21-14(10-24)8-20-28-13(3)29-30(20)18-6-5-16(23)9-17(18)12(2)31-19-7-15(21)11-27-22(19)25/h5-7,9-12,24,26H,4,8H2,1-3H3,(H2,25,27)/b21-14-,24-10?/t12-/m1/s1. The smallest absolute Gasteiger partial charge is 0.166 e. The zero-order valence-electron chi connectivity index (χ0n) is 17.6. The number of rotatable bonds is 3. The van der Waals surface area contributed by atoms with Crippen molar-refractivity contribution in [2.45, 2.75) is 33.3 Å². The SMILES string of the molecule is CCN/C1=C(\C=N)Cc2nc(C)nn2-c2ccc(F)cc2[C@@H](C)Oc2cc1cnc2N. The number of nitrogens with two attached hydrogens (primary N) is 1. The fourth-order valence-corrected chi connectivity index (χ4v) is 3.71. The minimum atomic E-state index is -0.532. The number of benzene rings is 1. The van der Waals surface area contributed by atoms with Gasteiger partial charge in [0.1, 0.15) is 23.6 Å². The van der Waals surface area contributed by atoms with Gasteiger partial charge in [0.25, 0.3) is 0 Å². The maximum Gasteiger partial charge on any atom is 0.166 e. The summed E-state index contributed by atoms with van der Waals surface area (Å²) in [6.45, 7) is 6.25. The minimum Gasteiger partial charge on any atom is -0.482 e. The number of anilines is 1. The van der Waals surface area contributed by atoms with Gasteiger partial charge in [-0.05, 0) is 45.0 Å². The molecule has 0 saturated carbocycles. The quantitative estimate of drug-likeness (QED) is 0.559. The molecule has 0 saturated heterocycles. The van der Waals surface area contributed by atoms with E-state index in [9.17, 15) is 4.39 Å². The molecule has 0 radical (unpaired) electrons. The molecule has 1 atom stereocenters. The third-order valence-corrected chi connectivity index (χ3v) is 5.11. The number of hydrogen-bond donors (Lipinski definition) is 3. The first-order chi connectivity index (χ1) is 14.9. The topological polar surface area (TPSA) is 115 Å². The van der Waals surface area contributed by atoms with Crippen molar-refractivity contribution in [1.29, 1.82) is 5.41 Å². The lowest BCUT2D eigenvalue weighted by Crippen LogP contribution is -2.18. The van der Waals surface area contributed by atoms with Crippen LogP contribution in [0.2, 0.25) is 0 Å². The third kappa shape index (κ3) is 3.86. The fraction of sp³-hybridized carbons (Fsp3) is 0.273. The molecule has 0 amide bonds. The summed E-state index contributed by atoms with van der Waals surface area (Å²) in [7, 11) is 0. The molecular weight excluding hydrogens is 397 g/mol. The fourth-order valence-electron chi connectivity index (χ4n) is 3.71. The van der Waals surface area contributed by atoms with Crippen molar-refractivity contribution in [3.63, 3.8) is 0 Å². The zero-order chi connectivity index (χ0) is 22.1. The average Bonchev–Trinajstić information content (AvgIpc) is 3.11. The molecule has 8 nitrogen and oxygen atoms in total. The highest BCUT2D eigenvalue weighted by atomic mass is 19.1. The van der Waals surface area contributed by atoms with Gasteiger partial charge in [0, 0.05) is 47.8 Å². The normalized spacial score (nSPS) is 18.1. The molecule has 3 aromatic rings. The van der Waals surface area contributed by atoms with Crippen molar-refractivity contribution >= 4 is 17.7 Å². The number of fused-ring (bicyclic) bond motifs is 5. The van der Waals surface area contributed by atoms with Gasteiger partial charge in [-0.3, -0.25) is 0 Å². The molecule has 4 N–H and O–H groups in total. The molecule has 1 aromatic carbocycles. The van der Waals surface area contributed by atoms with Crippen LogP contribution in [0.4, 0.5) is 10.2 Å². The van der Waals surface area contributed by atoms with Crippen molar-refractivity contribution in [2.75, 3.05) is 12.3 Å². The lowest BCUT2D eigenvalue weighted by molar-refractivity contribution is 0.226. The molecule has 0 aliphatic carbocycles. The first-order valence-electron chi connectivity index (χ1n) is 10.0. The van der Waals surface area contributed by atoms with Gasteiger partial charge in [-0.15, -0.1) is 0 Å². The van der Waals surface area contributed by atoms with Gasteiger partial charge in [-0.2, -0.15) is 5.10 Å². The van der Waals surface area contributed by atoms with Crippen LogP contribution in [0.3, 0.4) is 0 Å². The number of nitrogens with zero attached hydrogens (tertiary/aromatic N) is 4. The number of nitrogens with one attached hydrogen (secondary N) is 2. The number of aryl methyl sites for hydroxylation is 1. The Balaban J connectivity index is 2.03. The van der Waals surface area contributed by atoms with Crippen LogP contribution in [0, 0.1) is 18.2 Å². The second-order valence-electron chi connectivity index (χ2n) is 7.31. The van der Waals surface area contributed by atoms with Crippen molar-refractivity contribution in [2.24, 2.45) is 0 Å². The van der Waals surface area contributed by atoms with E-state index in [1.807, 2.05) is 13.8 Å². The van der Waals surface area contributed by atoms with Crippen LogP contribution in [0.1, 0.15) is 42.7 Å².